The van der Waals surface area contributed by atoms with Crippen molar-refractivity contribution in [3.63, 3.8) is 0 Å². The lowest BCUT2D eigenvalue weighted by molar-refractivity contribution is -0.384. The number of hydrazone groups is 1. The number of furan rings is 1. The fourth-order valence-corrected chi connectivity index (χ4v) is 2.82. The predicted molar refractivity (Wildman–Crippen MR) is 126 cm³/mol. The summed E-state index contributed by atoms with van der Waals surface area (Å²) in [6.45, 7) is 2.34. The van der Waals surface area contributed by atoms with Crippen LogP contribution in [0.4, 0.5) is 29.2 Å². The summed E-state index contributed by atoms with van der Waals surface area (Å²) in [5.41, 5.74) is 4.54. The number of nitro benzene ring substituents is 1. The molecule has 0 saturated heterocycles. The number of hydrogen-bond acceptors (Lipinski definition) is 11. The first-order valence-electron chi connectivity index (χ1n) is 10.1. The van der Waals surface area contributed by atoms with Gasteiger partial charge in [0.25, 0.3) is 5.69 Å². The van der Waals surface area contributed by atoms with Crippen molar-refractivity contribution in [3.8, 4) is 5.75 Å². The van der Waals surface area contributed by atoms with Gasteiger partial charge in [-0.2, -0.15) is 20.1 Å². The van der Waals surface area contributed by atoms with Gasteiger partial charge in [-0.05, 0) is 37.3 Å². The Morgan fingerprint density at radius 1 is 1.09 bits per heavy atom. The first kappa shape index (κ1) is 22.2. The summed E-state index contributed by atoms with van der Waals surface area (Å²) in [6, 6.07) is 14.9. The average Bonchev–Trinajstić information content (AvgIpc) is 3.34. The van der Waals surface area contributed by atoms with Gasteiger partial charge in [-0.1, -0.05) is 17.7 Å². The molecule has 0 spiro atoms. The number of nitro groups is 1. The molecule has 0 atom stereocenters. The highest BCUT2D eigenvalue weighted by Crippen LogP contribution is 2.21. The summed E-state index contributed by atoms with van der Waals surface area (Å²) < 4.78 is 5.31. The molecular weight excluding hydrogens is 440 g/mol. The van der Waals surface area contributed by atoms with Gasteiger partial charge in [0.2, 0.25) is 17.8 Å². The van der Waals surface area contributed by atoms with Crippen LogP contribution in [0.15, 0.2) is 70.4 Å². The van der Waals surface area contributed by atoms with E-state index in [0.29, 0.717) is 12.3 Å². The summed E-state index contributed by atoms with van der Waals surface area (Å²) in [5.74, 6) is 1.16. The Morgan fingerprint density at radius 2 is 1.85 bits per heavy atom. The second-order valence-electron chi connectivity index (χ2n) is 7.10. The third kappa shape index (κ3) is 5.82. The molecule has 0 saturated carbocycles. The number of aryl methyl sites for hydroxylation is 1. The van der Waals surface area contributed by atoms with Gasteiger partial charge in [0.05, 0.1) is 23.9 Å². The zero-order valence-electron chi connectivity index (χ0n) is 18.0. The third-order valence-corrected chi connectivity index (χ3v) is 4.53. The standard InChI is InChI=1S/C22H20N8O4/c1-14-4-6-16(7-5-14)25-21-26-20(23-13-18-3-2-10-34-18)27-22(28-21)29-24-12-15-11-17(30(32)33)8-9-19(15)31/h2-12,31H,13H2,1H3,(H3,23,25,26,27,28,29)/b24-12+. The zero-order chi connectivity index (χ0) is 23.9. The van der Waals surface area contributed by atoms with Crippen molar-refractivity contribution in [2.45, 2.75) is 13.5 Å². The van der Waals surface area contributed by atoms with Gasteiger partial charge in [-0.25, -0.2) is 5.43 Å². The summed E-state index contributed by atoms with van der Waals surface area (Å²) in [6.07, 6.45) is 2.80. The van der Waals surface area contributed by atoms with Crippen LogP contribution in [0.2, 0.25) is 0 Å². The lowest BCUT2D eigenvalue weighted by Crippen LogP contribution is -2.09. The topological polar surface area (TPSA) is 164 Å². The number of aromatic hydroxyl groups is 1. The zero-order valence-corrected chi connectivity index (χ0v) is 18.0. The number of non-ortho nitro benzene ring substituents is 1. The van der Waals surface area contributed by atoms with Crippen LogP contribution in [-0.4, -0.2) is 31.2 Å². The first-order chi connectivity index (χ1) is 16.5. The minimum absolute atomic E-state index is 0.104. The van der Waals surface area contributed by atoms with Gasteiger partial charge in [0.1, 0.15) is 11.5 Å². The van der Waals surface area contributed by atoms with E-state index in [0.717, 1.165) is 11.3 Å². The van der Waals surface area contributed by atoms with Crippen LogP contribution in [-0.2, 0) is 6.54 Å². The molecule has 34 heavy (non-hydrogen) atoms. The molecular formula is C22H20N8O4. The average molecular weight is 460 g/mol. The SMILES string of the molecule is Cc1ccc(Nc2nc(NCc3ccco3)nc(N/N=C/c3cc([N+](=O)[O-])ccc3O)n2)cc1. The molecule has 0 aliphatic carbocycles. The molecule has 4 aromatic rings. The maximum Gasteiger partial charge on any atom is 0.270 e. The predicted octanol–water partition coefficient (Wildman–Crippen LogP) is 4.19. The van der Waals surface area contributed by atoms with Crippen LogP contribution in [0, 0.1) is 17.0 Å². The first-order valence-corrected chi connectivity index (χ1v) is 10.1. The number of nitrogens with zero attached hydrogens (tertiary/aromatic N) is 5. The van der Waals surface area contributed by atoms with Crippen molar-refractivity contribution >= 4 is 35.4 Å². The lowest BCUT2D eigenvalue weighted by Gasteiger charge is -2.09. The number of rotatable bonds is 9. The molecule has 0 aliphatic heterocycles. The van der Waals surface area contributed by atoms with Gasteiger partial charge in [-0.15, -0.1) is 0 Å². The van der Waals surface area contributed by atoms with E-state index in [1.807, 2.05) is 37.3 Å². The van der Waals surface area contributed by atoms with E-state index >= 15 is 0 Å². The molecule has 4 rings (SSSR count). The van der Waals surface area contributed by atoms with Gasteiger partial charge in [-0.3, -0.25) is 10.1 Å². The summed E-state index contributed by atoms with van der Waals surface area (Å²) in [5, 5.41) is 31.1. The molecule has 12 heteroatoms. The van der Waals surface area contributed by atoms with Crippen LogP contribution in [0.3, 0.4) is 0 Å². The van der Waals surface area contributed by atoms with Crippen molar-refractivity contribution < 1.29 is 14.4 Å². The third-order valence-electron chi connectivity index (χ3n) is 4.53. The van der Waals surface area contributed by atoms with Crippen molar-refractivity contribution in [2.24, 2.45) is 5.10 Å². The Labute approximate surface area is 193 Å². The molecule has 0 unspecified atom stereocenters. The van der Waals surface area contributed by atoms with Crippen LogP contribution in [0.5, 0.6) is 5.75 Å². The number of aromatic nitrogens is 3. The minimum atomic E-state index is -0.559. The van der Waals surface area contributed by atoms with Crippen molar-refractivity contribution in [3.05, 3.63) is 87.9 Å². The highest BCUT2D eigenvalue weighted by Gasteiger charge is 2.10. The summed E-state index contributed by atoms with van der Waals surface area (Å²) >= 11 is 0. The highest BCUT2D eigenvalue weighted by molar-refractivity contribution is 5.84. The van der Waals surface area contributed by atoms with E-state index in [2.05, 4.69) is 36.1 Å². The number of nitrogens with one attached hydrogen (secondary N) is 3. The quantitative estimate of drug-likeness (QED) is 0.162. The maximum absolute atomic E-state index is 11.0. The van der Waals surface area contributed by atoms with E-state index in [9.17, 15) is 15.2 Å². The van der Waals surface area contributed by atoms with Gasteiger partial charge in [0.15, 0.2) is 0 Å². The Morgan fingerprint density at radius 3 is 2.59 bits per heavy atom. The van der Waals surface area contributed by atoms with E-state index < -0.39 is 4.92 Å². The lowest BCUT2D eigenvalue weighted by atomic mass is 10.2. The number of hydrogen-bond donors (Lipinski definition) is 4. The second-order valence-corrected chi connectivity index (χ2v) is 7.10. The Balaban J connectivity index is 1.55. The van der Waals surface area contributed by atoms with E-state index in [4.69, 9.17) is 4.42 Å². The minimum Gasteiger partial charge on any atom is -0.507 e. The monoisotopic (exact) mass is 460 g/mol. The molecule has 0 fully saturated rings. The molecule has 2 aromatic heterocycles. The molecule has 0 radical (unpaired) electrons. The number of phenols is 1. The maximum atomic E-state index is 11.0. The summed E-state index contributed by atoms with van der Waals surface area (Å²) in [7, 11) is 0. The van der Waals surface area contributed by atoms with Gasteiger partial charge >= 0.3 is 0 Å². The molecule has 4 N–H and O–H groups in total. The van der Waals surface area contributed by atoms with Crippen molar-refractivity contribution in [2.75, 3.05) is 16.1 Å². The molecule has 172 valence electrons. The van der Waals surface area contributed by atoms with E-state index in [1.165, 1.54) is 24.4 Å². The fraction of sp³-hybridized carbons (Fsp3) is 0.0909. The summed E-state index contributed by atoms with van der Waals surface area (Å²) in [4.78, 5) is 23.4. The largest absolute Gasteiger partial charge is 0.507 e. The number of anilines is 4. The Bertz CT molecular complexity index is 1310. The normalized spacial score (nSPS) is 10.9. The molecule has 0 aliphatic rings. The van der Waals surface area contributed by atoms with Crippen LogP contribution in [0.25, 0.3) is 0 Å². The van der Waals surface area contributed by atoms with E-state index in [-0.39, 0.29) is 34.8 Å². The number of phenolic OH excluding ortho intramolecular Hbond substituents is 1. The fourth-order valence-electron chi connectivity index (χ4n) is 2.82. The van der Waals surface area contributed by atoms with Crippen LogP contribution < -0.4 is 16.1 Å². The van der Waals surface area contributed by atoms with Crippen molar-refractivity contribution in [1.29, 1.82) is 0 Å². The molecule has 2 aromatic carbocycles. The van der Waals surface area contributed by atoms with Gasteiger partial charge < -0.3 is 20.2 Å². The number of benzene rings is 2. The van der Waals surface area contributed by atoms with E-state index in [1.54, 1.807) is 12.3 Å². The van der Waals surface area contributed by atoms with Crippen LogP contribution in [0.1, 0.15) is 16.9 Å². The molecule has 0 bridgehead atoms. The van der Waals surface area contributed by atoms with Gasteiger partial charge in [0, 0.05) is 23.4 Å². The van der Waals surface area contributed by atoms with Crippen LogP contribution >= 0.6 is 0 Å². The Kier molecular flexibility index (Phi) is 6.58. The molecule has 2 heterocycles. The smallest absolute Gasteiger partial charge is 0.270 e. The second kappa shape index (κ2) is 10.1. The highest BCUT2D eigenvalue weighted by atomic mass is 16.6. The molecule has 12 nitrogen and oxygen atoms in total. The molecule has 0 amide bonds. The van der Waals surface area contributed by atoms with Crippen molar-refractivity contribution in [1.82, 2.24) is 15.0 Å². The Hall–Kier alpha value is -5.00.